The van der Waals surface area contributed by atoms with Gasteiger partial charge < -0.3 is 20.7 Å². The number of hydrogen-bond acceptors (Lipinski definition) is 3. The van der Waals surface area contributed by atoms with E-state index in [0.29, 0.717) is 19.5 Å². The third kappa shape index (κ3) is 4.57. The maximum absolute atomic E-state index is 12.0. The minimum atomic E-state index is 0. The lowest BCUT2D eigenvalue weighted by Crippen LogP contribution is -2.44. The summed E-state index contributed by atoms with van der Waals surface area (Å²) in [6.07, 6.45) is 1.47. The summed E-state index contributed by atoms with van der Waals surface area (Å²) in [5.74, 6) is 1.87. The minimum absolute atomic E-state index is 0. The maximum atomic E-state index is 12.0. The molecule has 3 N–H and O–H groups in total. The monoisotopic (exact) mass is 492 g/mol. The van der Waals surface area contributed by atoms with Crippen LogP contribution < -0.4 is 20.7 Å². The van der Waals surface area contributed by atoms with Crippen molar-refractivity contribution in [2.24, 2.45) is 4.99 Å². The molecule has 28 heavy (non-hydrogen) atoms. The predicted molar refractivity (Wildman–Crippen MR) is 122 cm³/mol. The fourth-order valence-corrected chi connectivity index (χ4v) is 3.70. The summed E-state index contributed by atoms with van der Waals surface area (Å²) in [4.78, 5) is 16.3. The summed E-state index contributed by atoms with van der Waals surface area (Å²) in [5, 5.41) is 9.62. The number of nitrogens with zero attached hydrogens (tertiary/aromatic N) is 1. The second kappa shape index (κ2) is 9.27. The third-order valence-corrected chi connectivity index (χ3v) is 5.06. The molecule has 0 saturated carbocycles. The lowest BCUT2D eigenvalue weighted by Gasteiger charge is -2.26. The summed E-state index contributed by atoms with van der Waals surface area (Å²) in [7, 11) is 1.75. The third-order valence-electron chi connectivity index (χ3n) is 5.06. The first-order chi connectivity index (χ1) is 13.2. The number of carbonyl (C=O) groups is 1. The van der Waals surface area contributed by atoms with Gasteiger partial charge in [-0.3, -0.25) is 9.79 Å². The molecule has 2 aromatic carbocycles. The van der Waals surface area contributed by atoms with Gasteiger partial charge in [-0.1, -0.05) is 36.4 Å². The first-order valence-corrected chi connectivity index (χ1v) is 9.31. The topological polar surface area (TPSA) is 74.8 Å². The molecule has 0 spiro atoms. The van der Waals surface area contributed by atoms with Gasteiger partial charge in [-0.15, -0.1) is 24.0 Å². The number of anilines is 1. The summed E-state index contributed by atoms with van der Waals surface area (Å²) in [6.45, 7) is 1.33. The van der Waals surface area contributed by atoms with Crippen molar-refractivity contribution in [1.82, 2.24) is 10.6 Å². The van der Waals surface area contributed by atoms with E-state index in [4.69, 9.17) is 4.74 Å². The average molecular weight is 492 g/mol. The number of amides is 1. The SMILES string of the molecule is CN=C(NCC1Cc2ccccc2O1)NCC1CC(=O)Nc2ccccc21.I. The summed E-state index contributed by atoms with van der Waals surface area (Å²) in [5.41, 5.74) is 3.31. The predicted octanol–water partition coefficient (Wildman–Crippen LogP) is 2.90. The van der Waals surface area contributed by atoms with Crippen LogP contribution >= 0.6 is 24.0 Å². The van der Waals surface area contributed by atoms with Crippen molar-refractivity contribution < 1.29 is 9.53 Å². The van der Waals surface area contributed by atoms with E-state index in [1.807, 2.05) is 36.4 Å². The van der Waals surface area contributed by atoms with E-state index >= 15 is 0 Å². The number of fused-ring (bicyclic) bond motifs is 2. The van der Waals surface area contributed by atoms with E-state index in [2.05, 4.69) is 33.1 Å². The highest BCUT2D eigenvalue weighted by molar-refractivity contribution is 14.0. The lowest BCUT2D eigenvalue weighted by molar-refractivity contribution is -0.116. The molecule has 148 valence electrons. The van der Waals surface area contributed by atoms with Crippen molar-refractivity contribution in [2.45, 2.75) is 24.9 Å². The van der Waals surface area contributed by atoms with Crippen LogP contribution in [0.4, 0.5) is 5.69 Å². The molecule has 2 aliphatic heterocycles. The van der Waals surface area contributed by atoms with Crippen LogP contribution in [0.1, 0.15) is 23.5 Å². The van der Waals surface area contributed by atoms with Crippen molar-refractivity contribution in [3.63, 3.8) is 0 Å². The molecule has 0 bridgehead atoms. The molecule has 0 aromatic heterocycles. The molecule has 2 heterocycles. The number of carbonyl (C=O) groups excluding carboxylic acids is 1. The second-order valence-corrected chi connectivity index (χ2v) is 6.92. The van der Waals surface area contributed by atoms with Gasteiger partial charge in [0.1, 0.15) is 11.9 Å². The van der Waals surface area contributed by atoms with E-state index in [1.165, 1.54) is 5.56 Å². The molecule has 0 radical (unpaired) electrons. The molecule has 7 heteroatoms. The summed E-state index contributed by atoms with van der Waals surface area (Å²) < 4.78 is 5.96. The van der Waals surface area contributed by atoms with E-state index in [9.17, 15) is 4.79 Å². The standard InChI is InChI=1S/C21H24N4O2.HI/c1-22-21(24-13-16-10-14-6-2-5-9-19(14)27-16)23-12-15-11-20(26)25-18-8-4-3-7-17(15)18;/h2-9,15-16H,10-13H2,1H3,(H,25,26)(H2,22,23,24);1H. The van der Waals surface area contributed by atoms with Gasteiger partial charge in [0.05, 0.1) is 6.54 Å². The molecule has 1 amide bonds. The van der Waals surface area contributed by atoms with Crippen LogP contribution in [0.5, 0.6) is 5.75 Å². The van der Waals surface area contributed by atoms with E-state index in [-0.39, 0.29) is 41.9 Å². The highest BCUT2D eigenvalue weighted by Gasteiger charge is 2.25. The Bertz CT molecular complexity index is 846. The Morgan fingerprint density at radius 1 is 1.11 bits per heavy atom. The fourth-order valence-electron chi connectivity index (χ4n) is 3.70. The summed E-state index contributed by atoms with van der Waals surface area (Å²) in [6, 6.07) is 16.1. The molecule has 0 fully saturated rings. The number of rotatable bonds is 4. The number of aliphatic imine (C=N–C) groups is 1. The Kier molecular flexibility index (Phi) is 6.77. The van der Waals surface area contributed by atoms with Crippen molar-refractivity contribution >= 4 is 41.5 Å². The van der Waals surface area contributed by atoms with Gasteiger partial charge in [0.15, 0.2) is 5.96 Å². The Hall–Kier alpha value is -2.29. The molecular weight excluding hydrogens is 467 g/mol. The molecule has 6 nitrogen and oxygen atoms in total. The van der Waals surface area contributed by atoms with Gasteiger partial charge in [-0.05, 0) is 23.3 Å². The Balaban J connectivity index is 0.00000225. The molecule has 2 unspecified atom stereocenters. The first kappa shape index (κ1) is 20.4. The summed E-state index contributed by atoms with van der Waals surface area (Å²) >= 11 is 0. The minimum Gasteiger partial charge on any atom is -0.488 e. The van der Waals surface area contributed by atoms with Crippen LogP contribution in [0.25, 0.3) is 0 Å². The first-order valence-electron chi connectivity index (χ1n) is 9.31. The Labute approximate surface area is 182 Å². The lowest BCUT2D eigenvalue weighted by atomic mass is 9.90. The highest BCUT2D eigenvalue weighted by atomic mass is 127. The van der Waals surface area contributed by atoms with Gasteiger partial charge in [0.25, 0.3) is 0 Å². The van der Waals surface area contributed by atoms with Crippen molar-refractivity contribution in [2.75, 3.05) is 25.5 Å². The number of nitrogens with one attached hydrogen (secondary N) is 3. The van der Waals surface area contributed by atoms with Gasteiger partial charge in [-0.2, -0.15) is 0 Å². The van der Waals surface area contributed by atoms with Gasteiger partial charge in [0.2, 0.25) is 5.91 Å². The normalized spacial score (nSPS) is 20.2. The van der Waals surface area contributed by atoms with E-state index < -0.39 is 0 Å². The fraction of sp³-hybridized carbons (Fsp3) is 0.333. The Morgan fingerprint density at radius 2 is 1.86 bits per heavy atom. The number of halogens is 1. The van der Waals surface area contributed by atoms with Crippen LogP contribution in [-0.2, 0) is 11.2 Å². The van der Waals surface area contributed by atoms with Crippen molar-refractivity contribution in [3.8, 4) is 5.75 Å². The maximum Gasteiger partial charge on any atom is 0.225 e. The van der Waals surface area contributed by atoms with Crippen LogP contribution in [0, 0.1) is 0 Å². The molecule has 2 atom stereocenters. The molecule has 0 aliphatic carbocycles. The molecule has 0 saturated heterocycles. The van der Waals surface area contributed by atoms with Gasteiger partial charge >= 0.3 is 0 Å². The number of guanidine groups is 1. The van der Waals surface area contributed by atoms with Crippen molar-refractivity contribution in [3.05, 3.63) is 59.7 Å². The van der Waals surface area contributed by atoms with Crippen LogP contribution in [0.3, 0.4) is 0 Å². The molecule has 4 rings (SSSR count). The quantitative estimate of drug-likeness (QED) is 0.349. The molecule has 2 aromatic rings. The zero-order valence-electron chi connectivity index (χ0n) is 15.8. The van der Waals surface area contributed by atoms with Crippen LogP contribution in [0.15, 0.2) is 53.5 Å². The van der Waals surface area contributed by atoms with Crippen LogP contribution in [-0.4, -0.2) is 38.1 Å². The average Bonchev–Trinajstić information content (AvgIpc) is 3.10. The van der Waals surface area contributed by atoms with Gasteiger partial charge in [0, 0.05) is 38.0 Å². The largest absolute Gasteiger partial charge is 0.488 e. The Morgan fingerprint density at radius 3 is 2.68 bits per heavy atom. The van der Waals surface area contributed by atoms with E-state index in [0.717, 1.165) is 29.4 Å². The number of ether oxygens (including phenoxy) is 1. The zero-order chi connectivity index (χ0) is 18.6. The second-order valence-electron chi connectivity index (χ2n) is 6.92. The van der Waals surface area contributed by atoms with E-state index in [1.54, 1.807) is 7.05 Å². The number of hydrogen-bond donors (Lipinski definition) is 3. The number of benzene rings is 2. The van der Waals surface area contributed by atoms with Gasteiger partial charge in [-0.25, -0.2) is 0 Å². The molecule has 2 aliphatic rings. The highest BCUT2D eigenvalue weighted by Crippen LogP contribution is 2.31. The van der Waals surface area contributed by atoms with Crippen LogP contribution in [0.2, 0.25) is 0 Å². The van der Waals surface area contributed by atoms with Crippen molar-refractivity contribution in [1.29, 1.82) is 0 Å². The number of para-hydroxylation sites is 2. The smallest absolute Gasteiger partial charge is 0.225 e. The molecular formula is C21H25IN4O2. The zero-order valence-corrected chi connectivity index (χ0v) is 18.1.